The maximum absolute atomic E-state index is 13.7. The Morgan fingerprint density at radius 3 is 2.33 bits per heavy atom. The van der Waals surface area contributed by atoms with E-state index in [0.29, 0.717) is 18.0 Å². The number of aliphatic imine (C=N–C) groups is 1. The summed E-state index contributed by atoms with van der Waals surface area (Å²) in [4.78, 5) is 6.83. The van der Waals surface area contributed by atoms with E-state index in [0.717, 1.165) is 26.1 Å². The molecule has 5 nitrogen and oxygen atoms in total. The number of aliphatic hydroxyl groups excluding tert-OH is 1. The van der Waals surface area contributed by atoms with Gasteiger partial charge in [0.15, 0.2) is 5.96 Å². The summed E-state index contributed by atoms with van der Waals surface area (Å²) < 4.78 is 13.7. The van der Waals surface area contributed by atoms with Crippen molar-refractivity contribution in [1.82, 2.24) is 15.5 Å². The summed E-state index contributed by atoms with van der Waals surface area (Å²) >= 11 is 0. The van der Waals surface area contributed by atoms with Crippen molar-refractivity contribution in [3.05, 3.63) is 35.6 Å². The van der Waals surface area contributed by atoms with E-state index in [1.807, 2.05) is 6.92 Å². The standard InChI is InChI=1S/C20H35FN4O.HI/c1-6-22-20(23-12-9-13-25(15(2)3)16(4)5)24-14-19(26)17-10-7-8-11-18(17)21;/h7-8,10-11,15-16,19,26H,6,9,12-14H2,1-5H3,(H2,22,23,24);1H. The molecule has 0 radical (unpaired) electrons. The van der Waals surface area contributed by atoms with E-state index < -0.39 is 11.9 Å². The number of rotatable bonds is 10. The summed E-state index contributed by atoms with van der Waals surface area (Å²) in [5, 5.41) is 16.6. The van der Waals surface area contributed by atoms with Crippen LogP contribution in [0.25, 0.3) is 0 Å². The van der Waals surface area contributed by atoms with Gasteiger partial charge in [-0.2, -0.15) is 0 Å². The van der Waals surface area contributed by atoms with Crippen molar-refractivity contribution in [2.45, 2.75) is 59.2 Å². The molecule has 0 amide bonds. The molecule has 1 unspecified atom stereocenters. The number of benzene rings is 1. The molecule has 3 N–H and O–H groups in total. The normalized spacial score (nSPS) is 13.0. The summed E-state index contributed by atoms with van der Waals surface area (Å²) in [6.45, 7) is 13.5. The van der Waals surface area contributed by atoms with Crippen molar-refractivity contribution >= 4 is 29.9 Å². The van der Waals surface area contributed by atoms with Gasteiger partial charge in [0.2, 0.25) is 0 Å². The molecule has 0 spiro atoms. The predicted octanol–water partition coefficient (Wildman–Crippen LogP) is 3.54. The van der Waals surface area contributed by atoms with E-state index in [2.05, 4.69) is 48.2 Å². The zero-order chi connectivity index (χ0) is 19.5. The molecule has 156 valence electrons. The third-order valence-corrected chi connectivity index (χ3v) is 4.24. The van der Waals surface area contributed by atoms with Crippen molar-refractivity contribution < 1.29 is 9.50 Å². The van der Waals surface area contributed by atoms with E-state index in [9.17, 15) is 9.50 Å². The Labute approximate surface area is 180 Å². The molecule has 1 atom stereocenters. The highest BCUT2D eigenvalue weighted by Crippen LogP contribution is 2.16. The van der Waals surface area contributed by atoms with Crippen molar-refractivity contribution in [2.24, 2.45) is 4.99 Å². The minimum atomic E-state index is -0.955. The fourth-order valence-corrected chi connectivity index (χ4v) is 2.94. The molecule has 0 aliphatic carbocycles. The number of nitrogens with zero attached hydrogens (tertiary/aromatic N) is 2. The second-order valence-electron chi connectivity index (χ2n) is 6.96. The van der Waals surface area contributed by atoms with Crippen molar-refractivity contribution in [2.75, 3.05) is 26.2 Å². The van der Waals surface area contributed by atoms with Crippen LogP contribution in [0.1, 0.15) is 52.7 Å². The van der Waals surface area contributed by atoms with Crippen molar-refractivity contribution in [3.63, 3.8) is 0 Å². The van der Waals surface area contributed by atoms with Crippen LogP contribution in [0, 0.1) is 5.82 Å². The summed E-state index contributed by atoms with van der Waals surface area (Å²) in [6.07, 6.45) is 0.0421. The topological polar surface area (TPSA) is 59.9 Å². The Balaban J connectivity index is 0.00000676. The first-order valence-corrected chi connectivity index (χ1v) is 9.57. The SMILES string of the molecule is CCNC(=NCC(O)c1ccccc1F)NCCCN(C(C)C)C(C)C.I. The fourth-order valence-electron chi connectivity index (χ4n) is 2.94. The summed E-state index contributed by atoms with van der Waals surface area (Å²) in [6, 6.07) is 7.30. The smallest absolute Gasteiger partial charge is 0.191 e. The third-order valence-electron chi connectivity index (χ3n) is 4.24. The first-order chi connectivity index (χ1) is 12.4. The van der Waals surface area contributed by atoms with Gasteiger partial charge >= 0.3 is 0 Å². The molecule has 0 fully saturated rings. The second-order valence-corrected chi connectivity index (χ2v) is 6.96. The second kappa shape index (κ2) is 14.1. The van der Waals surface area contributed by atoms with Crippen LogP contribution in [-0.2, 0) is 0 Å². The molecule has 0 aliphatic rings. The van der Waals surface area contributed by atoms with Gasteiger partial charge in [0.1, 0.15) is 11.9 Å². The lowest BCUT2D eigenvalue weighted by Crippen LogP contribution is -2.41. The third kappa shape index (κ3) is 9.71. The van der Waals surface area contributed by atoms with Crippen LogP contribution in [0.15, 0.2) is 29.3 Å². The van der Waals surface area contributed by atoms with Gasteiger partial charge in [-0.3, -0.25) is 9.89 Å². The number of guanidine groups is 1. The average Bonchev–Trinajstić information content (AvgIpc) is 2.58. The van der Waals surface area contributed by atoms with Gasteiger partial charge in [-0.25, -0.2) is 4.39 Å². The molecule has 27 heavy (non-hydrogen) atoms. The van der Waals surface area contributed by atoms with Crippen LogP contribution in [-0.4, -0.2) is 54.2 Å². The average molecular weight is 494 g/mol. The quantitative estimate of drug-likeness (QED) is 0.202. The van der Waals surface area contributed by atoms with Crippen molar-refractivity contribution in [1.29, 1.82) is 0 Å². The molecule has 0 aromatic heterocycles. The highest BCUT2D eigenvalue weighted by atomic mass is 127. The Morgan fingerprint density at radius 2 is 1.78 bits per heavy atom. The number of hydrogen-bond donors (Lipinski definition) is 3. The zero-order valence-electron chi connectivity index (χ0n) is 17.2. The Hall–Kier alpha value is -0.930. The molecule has 0 aliphatic heterocycles. The minimum absolute atomic E-state index is 0. The lowest BCUT2D eigenvalue weighted by molar-refractivity contribution is 0.173. The summed E-state index contributed by atoms with van der Waals surface area (Å²) in [5.41, 5.74) is 0.275. The molecule has 0 heterocycles. The van der Waals surface area contributed by atoms with Gasteiger partial charge in [-0.15, -0.1) is 24.0 Å². The van der Waals surface area contributed by atoms with Gasteiger partial charge in [-0.1, -0.05) is 18.2 Å². The Bertz CT molecular complexity index is 547. The number of nitrogens with one attached hydrogen (secondary N) is 2. The molecule has 0 bridgehead atoms. The summed E-state index contributed by atoms with van der Waals surface area (Å²) in [5.74, 6) is 0.235. The monoisotopic (exact) mass is 494 g/mol. The first kappa shape index (κ1) is 26.1. The van der Waals surface area contributed by atoms with Gasteiger partial charge in [0.05, 0.1) is 6.54 Å². The lowest BCUT2D eigenvalue weighted by Gasteiger charge is -2.30. The van der Waals surface area contributed by atoms with Gasteiger partial charge < -0.3 is 15.7 Å². The number of aliphatic hydroxyl groups is 1. The van der Waals surface area contributed by atoms with Crippen LogP contribution >= 0.6 is 24.0 Å². The molecule has 0 saturated carbocycles. The fraction of sp³-hybridized carbons (Fsp3) is 0.650. The lowest BCUT2D eigenvalue weighted by atomic mass is 10.1. The maximum atomic E-state index is 13.7. The molecular formula is C20H36FIN4O. The van der Waals surface area contributed by atoms with Crippen LogP contribution < -0.4 is 10.6 Å². The predicted molar refractivity (Wildman–Crippen MR) is 122 cm³/mol. The van der Waals surface area contributed by atoms with Gasteiger partial charge in [0, 0.05) is 37.3 Å². The van der Waals surface area contributed by atoms with Crippen LogP contribution in [0.2, 0.25) is 0 Å². The van der Waals surface area contributed by atoms with Crippen LogP contribution in [0.3, 0.4) is 0 Å². The zero-order valence-corrected chi connectivity index (χ0v) is 19.5. The van der Waals surface area contributed by atoms with E-state index in [4.69, 9.17) is 0 Å². The Morgan fingerprint density at radius 1 is 1.15 bits per heavy atom. The van der Waals surface area contributed by atoms with E-state index in [1.54, 1.807) is 18.2 Å². The largest absolute Gasteiger partial charge is 0.386 e. The molecule has 0 saturated heterocycles. The Kier molecular flexibility index (Phi) is 13.6. The van der Waals surface area contributed by atoms with E-state index >= 15 is 0 Å². The highest BCUT2D eigenvalue weighted by Gasteiger charge is 2.13. The van der Waals surface area contributed by atoms with E-state index in [1.165, 1.54) is 6.07 Å². The minimum Gasteiger partial charge on any atom is -0.386 e. The first-order valence-electron chi connectivity index (χ1n) is 9.57. The number of halogens is 2. The van der Waals surface area contributed by atoms with Crippen LogP contribution in [0.4, 0.5) is 4.39 Å². The molecule has 1 aromatic carbocycles. The van der Waals surface area contributed by atoms with Gasteiger partial charge in [0.25, 0.3) is 0 Å². The molecule has 1 aromatic rings. The molecular weight excluding hydrogens is 458 g/mol. The summed E-state index contributed by atoms with van der Waals surface area (Å²) in [7, 11) is 0. The molecule has 7 heteroatoms. The van der Waals surface area contributed by atoms with Crippen molar-refractivity contribution in [3.8, 4) is 0 Å². The van der Waals surface area contributed by atoms with Crippen LogP contribution in [0.5, 0.6) is 0 Å². The van der Waals surface area contributed by atoms with Gasteiger partial charge in [-0.05, 0) is 47.1 Å². The number of hydrogen-bond acceptors (Lipinski definition) is 3. The highest BCUT2D eigenvalue weighted by molar-refractivity contribution is 14.0. The molecule has 1 rings (SSSR count). The van der Waals surface area contributed by atoms with E-state index in [-0.39, 0.29) is 36.1 Å². The maximum Gasteiger partial charge on any atom is 0.191 e.